The Labute approximate surface area is 158 Å². The maximum atomic E-state index is 6.36. The lowest BCUT2D eigenvalue weighted by atomic mass is 9.98. The molecule has 1 aliphatic rings. The summed E-state index contributed by atoms with van der Waals surface area (Å²) in [5, 5.41) is 3.75. The molecule has 1 atom stereocenters. The first-order valence-corrected chi connectivity index (χ1v) is 9.77. The van der Waals surface area contributed by atoms with E-state index in [4.69, 9.17) is 4.74 Å². The van der Waals surface area contributed by atoms with Crippen molar-refractivity contribution < 1.29 is 4.74 Å². The van der Waals surface area contributed by atoms with Crippen LogP contribution in [0.15, 0.2) is 48.7 Å². The van der Waals surface area contributed by atoms with Gasteiger partial charge in [-0.25, -0.2) is 0 Å². The Balaban J connectivity index is 1.67. The summed E-state index contributed by atoms with van der Waals surface area (Å²) in [7, 11) is 0. The molecule has 0 bridgehead atoms. The molecule has 2 aromatic rings. The highest BCUT2D eigenvalue weighted by Gasteiger charge is 2.44. The number of nitrogens with one attached hydrogen (secondary N) is 1. The molecule has 1 aromatic carbocycles. The summed E-state index contributed by atoms with van der Waals surface area (Å²) >= 11 is 0. The largest absolute Gasteiger partial charge is 0.366 e. The fraction of sp³-hybridized carbons (Fsp3) is 0.522. The average Bonchev–Trinajstić information content (AvgIpc) is 3.35. The van der Waals surface area contributed by atoms with Crippen molar-refractivity contribution in [3.63, 3.8) is 0 Å². The Morgan fingerprint density at radius 1 is 1.12 bits per heavy atom. The van der Waals surface area contributed by atoms with E-state index in [1.165, 1.54) is 24.0 Å². The fourth-order valence-electron chi connectivity index (χ4n) is 3.85. The Hall–Kier alpha value is -1.71. The van der Waals surface area contributed by atoms with Gasteiger partial charge in [0.2, 0.25) is 0 Å². The van der Waals surface area contributed by atoms with Crippen LogP contribution in [-0.2, 0) is 22.3 Å². The predicted molar refractivity (Wildman–Crippen MR) is 107 cm³/mol. The first kappa shape index (κ1) is 19.1. The summed E-state index contributed by atoms with van der Waals surface area (Å²) < 4.78 is 6.36. The van der Waals surface area contributed by atoms with Crippen molar-refractivity contribution in [2.24, 2.45) is 0 Å². The van der Waals surface area contributed by atoms with E-state index in [0.717, 1.165) is 12.1 Å². The third-order valence-corrected chi connectivity index (χ3v) is 5.10. The second kappa shape index (κ2) is 7.50. The molecular weight excluding hydrogens is 320 g/mol. The molecule has 1 unspecified atom stereocenters. The van der Waals surface area contributed by atoms with Crippen molar-refractivity contribution in [2.75, 3.05) is 0 Å². The van der Waals surface area contributed by atoms with Crippen molar-refractivity contribution in [1.29, 1.82) is 0 Å². The lowest BCUT2D eigenvalue weighted by molar-refractivity contribution is -0.0701. The number of nitrogens with zero attached hydrogens (tertiary/aromatic N) is 1. The smallest absolute Gasteiger partial charge is 0.105 e. The first-order valence-electron chi connectivity index (χ1n) is 9.77. The second-order valence-electron chi connectivity index (χ2n) is 8.44. The van der Waals surface area contributed by atoms with E-state index in [9.17, 15) is 0 Å². The van der Waals surface area contributed by atoms with E-state index < -0.39 is 5.60 Å². The SMILES string of the molecule is CC(C)NC1(c2cccc(CC(C)OC(C)(C)c3ccccn3)c2)CC1. The molecule has 0 radical (unpaired) electrons. The number of aromatic nitrogens is 1. The van der Waals surface area contributed by atoms with Crippen LogP contribution in [0, 0.1) is 0 Å². The number of rotatable bonds is 8. The normalized spacial score (nSPS) is 17.3. The number of hydrogen-bond acceptors (Lipinski definition) is 3. The minimum Gasteiger partial charge on any atom is -0.366 e. The maximum Gasteiger partial charge on any atom is 0.105 e. The van der Waals surface area contributed by atoms with E-state index in [1.54, 1.807) is 0 Å². The summed E-state index contributed by atoms with van der Waals surface area (Å²) in [6.45, 7) is 10.8. The summed E-state index contributed by atoms with van der Waals surface area (Å²) in [5.41, 5.74) is 3.53. The van der Waals surface area contributed by atoms with Crippen molar-refractivity contribution in [1.82, 2.24) is 10.3 Å². The van der Waals surface area contributed by atoms with Crippen molar-refractivity contribution >= 4 is 0 Å². The minimum absolute atomic E-state index is 0.121. The van der Waals surface area contributed by atoms with Gasteiger partial charge in [-0.2, -0.15) is 0 Å². The number of hydrogen-bond donors (Lipinski definition) is 1. The van der Waals surface area contributed by atoms with Crippen LogP contribution in [0.1, 0.15) is 64.3 Å². The molecular formula is C23H32N2O. The maximum absolute atomic E-state index is 6.36. The van der Waals surface area contributed by atoms with Gasteiger partial charge in [0, 0.05) is 17.8 Å². The lowest BCUT2D eigenvalue weighted by Gasteiger charge is -2.29. The Kier molecular flexibility index (Phi) is 5.50. The van der Waals surface area contributed by atoms with Crippen LogP contribution in [0.5, 0.6) is 0 Å². The van der Waals surface area contributed by atoms with Crippen molar-refractivity contribution in [2.45, 2.75) is 77.2 Å². The third-order valence-electron chi connectivity index (χ3n) is 5.10. The molecule has 0 amide bonds. The van der Waals surface area contributed by atoms with Gasteiger partial charge in [0.1, 0.15) is 5.60 Å². The number of benzene rings is 1. The standard InChI is InChI=1S/C23H32N2O/c1-17(2)25-23(12-13-23)20-10-8-9-19(16-20)15-18(3)26-22(4,5)21-11-6-7-14-24-21/h6-11,14,16-18,25H,12-13,15H2,1-5H3. The lowest BCUT2D eigenvalue weighted by Crippen LogP contribution is -2.34. The summed E-state index contributed by atoms with van der Waals surface area (Å²) in [6, 6.07) is 15.5. The molecule has 1 aromatic heterocycles. The van der Waals surface area contributed by atoms with E-state index in [2.05, 4.69) is 69.2 Å². The van der Waals surface area contributed by atoms with Crippen LogP contribution in [0.3, 0.4) is 0 Å². The van der Waals surface area contributed by atoms with Gasteiger partial charge in [0.15, 0.2) is 0 Å². The zero-order valence-electron chi connectivity index (χ0n) is 16.8. The third kappa shape index (κ3) is 4.52. The first-order chi connectivity index (χ1) is 12.3. The van der Waals surface area contributed by atoms with E-state index in [1.807, 2.05) is 24.4 Å². The predicted octanol–water partition coefficient (Wildman–Crippen LogP) is 4.95. The molecule has 0 saturated heterocycles. The van der Waals surface area contributed by atoms with Gasteiger partial charge in [-0.1, -0.05) is 44.2 Å². The van der Waals surface area contributed by atoms with Gasteiger partial charge in [0.05, 0.1) is 11.8 Å². The van der Waals surface area contributed by atoms with Crippen LogP contribution in [0.4, 0.5) is 0 Å². The molecule has 3 heteroatoms. The molecule has 1 saturated carbocycles. The summed E-state index contributed by atoms with van der Waals surface area (Å²) in [4.78, 5) is 4.46. The zero-order chi connectivity index (χ0) is 18.8. The van der Waals surface area contributed by atoms with Gasteiger partial charge >= 0.3 is 0 Å². The minimum atomic E-state index is -0.394. The molecule has 1 fully saturated rings. The van der Waals surface area contributed by atoms with Crippen LogP contribution >= 0.6 is 0 Å². The van der Waals surface area contributed by atoms with Gasteiger partial charge < -0.3 is 10.1 Å². The van der Waals surface area contributed by atoms with Crippen molar-refractivity contribution in [3.05, 3.63) is 65.5 Å². The molecule has 1 heterocycles. The quantitative estimate of drug-likeness (QED) is 0.730. The Bertz CT molecular complexity index is 720. The zero-order valence-corrected chi connectivity index (χ0v) is 16.8. The molecule has 3 rings (SSSR count). The van der Waals surface area contributed by atoms with Gasteiger partial charge in [0.25, 0.3) is 0 Å². The Morgan fingerprint density at radius 3 is 2.50 bits per heavy atom. The monoisotopic (exact) mass is 352 g/mol. The van der Waals surface area contributed by atoms with Crippen LogP contribution in [-0.4, -0.2) is 17.1 Å². The van der Waals surface area contributed by atoms with Crippen LogP contribution < -0.4 is 5.32 Å². The summed E-state index contributed by atoms with van der Waals surface area (Å²) in [5.74, 6) is 0. The van der Waals surface area contributed by atoms with Crippen LogP contribution in [0.2, 0.25) is 0 Å². The molecule has 3 nitrogen and oxygen atoms in total. The molecule has 0 spiro atoms. The molecule has 140 valence electrons. The molecule has 26 heavy (non-hydrogen) atoms. The second-order valence-corrected chi connectivity index (χ2v) is 8.44. The highest BCUT2D eigenvalue weighted by molar-refractivity contribution is 5.34. The van der Waals surface area contributed by atoms with Gasteiger partial charge in [-0.15, -0.1) is 0 Å². The molecule has 1 aliphatic carbocycles. The fourth-order valence-corrected chi connectivity index (χ4v) is 3.85. The van der Waals surface area contributed by atoms with Gasteiger partial charge in [-0.05, 0) is 63.3 Å². The number of ether oxygens (including phenoxy) is 1. The number of pyridine rings is 1. The summed E-state index contributed by atoms with van der Waals surface area (Å²) in [6.07, 6.45) is 5.31. The molecule has 1 N–H and O–H groups in total. The highest BCUT2D eigenvalue weighted by Crippen LogP contribution is 2.46. The van der Waals surface area contributed by atoms with Crippen LogP contribution in [0.25, 0.3) is 0 Å². The average molecular weight is 353 g/mol. The van der Waals surface area contributed by atoms with E-state index >= 15 is 0 Å². The topological polar surface area (TPSA) is 34.1 Å². The van der Waals surface area contributed by atoms with Gasteiger partial charge in [-0.3, -0.25) is 4.98 Å². The van der Waals surface area contributed by atoms with Crippen molar-refractivity contribution in [3.8, 4) is 0 Å². The molecule has 0 aliphatic heterocycles. The Morgan fingerprint density at radius 2 is 1.88 bits per heavy atom. The van der Waals surface area contributed by atoms with E-state index in [0.29, 0.717) is 6.04 Å². The highest BCUT2D eigenvalue weighted by atomic mass is 16.5. The van der Waals surface area contributed by atoms with E-state index in [-0.39, 0.29) is 11.6 Å².